The molecule has 1 aliphatic heterocycles. The van der Waals surface area contributed by atoms with Crippen LogP contribution in [-0.2, 0) is 4.79 Å². The summed E-state index contributed by atoms with van der Waals surface area (Å²) in [5.41, 5.74) is 6.77. The van der Waals surface area contributed by atoms with Crippen LogP contribution in [0.1, 0.15) is 22.8 Å². The van der Waals surface area contributed by atoms with Gasteiger partial charge in [-0.1, -0.05) is 23.5 Å². The first-order chi connectivity index (χ1) is 9.17. The lowest BCUT2D eigenvalue weighted by Gasteiger charge is -2.21. The second kappa shape index (κ2) is 4.55. The molecule has 0 aliphatic carbocycles. The molecule has 1 unspecified atom stereocenters. The number of nitrogens with zero attached hydrogens (tertiary/aromatic N) is 1. The number of hydrogen-bond acceptors (Lipinski definition) is 5. The van der Waals surface area contributed by atoms with Crippen molar-refractivity contribution in [1.29, 1.82) is 0 Å². The Morgan fingerprint density at radius 3 is 3.16 bits per heavy atom. The zero-order valence-corrected chi connectivity index (χ0v) is 11.2. The van der Waals surface area contributed by atoms with E-state index < -0.39 is 0 Å². The Hall–Kier alpha value is -2.08. The van der Waals surface area contributed by atoms with Crippen LogP contribution in [0, 0.1) is 0 Å². The number of nitrogens with two attached hydrogens (primary N) is 1. The van der Waals surface area contributed by atoms with Gasteiger partial charge in [-0.15, -0.1) is 0 Å². The molecule has 0 fully saturated rings. The van der Waals surface area contributed by atoms with Crippen molar-refractivity contribution in [3.8, 4) is 5.75 Å². The van der Waals surface area contributed by atoms with Crippen LogP contribution in [-0.4, -0.2) is 18.0 Å². The summed E-state index contributed by atoms with van der Waals surface area (Å²) >= 11 is 1.42. The van der Waals surface area contributed by atoms with E-state index in [1.54, 1.807) is 7.11 Å². The molecular formula is C13H13N3O2S. The van der Waals surface area contributed by atoms with Crippen molar-refractivity contribution in [1.82, 2.24) is 4.98 Å². The van der Waals surface area contributed by atoms with E-state index in [-0.39, 0.29) is 11.8 Å². The van der Waals surface area contributed by atoms with E-state index in [4.69, 9.17) is 10.5 Å². The molecule has 1 aliphatic rings. The molecule has 0 bridgehead atoms. The molecule has 2 aromatic rings. The summed E-state index contributed by atoms with van der Waals surface area (Å²) in [4.78, 5) is 16.9. The van der Waals surface area contributed by atoms with Crippen LogP contribution in [0.3, 0.4) is 0 Å². The second-order valence-corrected chi connectivity index (χ2v) is 5.41. The number of fused-ring (bicyclic) bond motifs is 1. The smallest absolute Gasteiger partial charge is 0.226 e. The summed E-state index contributed by atoms with van der Waals surface area (Å²) in [6.07, 6.45) is 0.405. The number of thiazole rings is 1. The average Bonchev–Trinajstić information content (AvgIpc) is 2.78. The van der Waals surface area contributed by atoms with E-state index >= 15 is 0 Å². The first kappa shape index (κ1) is 12.0. The van der Waals surface area contributed by atoms with Crippen LogP contribution in [0.5, 0.6) is 5.75 Å². The van der Waals surface area contributed by atoms with Crippen LogP contribution in [0.15, 0.2) is 24.3 Å². The first-order valence-electron chi connectivity index (χ1n) is 5.87. The van der Waals surface area contributed by atoms with Gasteiger partial charge in [0.2, 0.25) is 5.91 Å². The van der Waals surface area contributed by atoms with Crippen LogP contribution < -0.4 is 15.8 Å². The highest BCUT2D eigenvalue weighted by Gasteiger charge is 2.30. The first-order valence-corrected chi connectivity index (χ1v) is 6.69. The zero-order valence-electron chi connectivity index (χ0n) is 10.3. The molecule has 0 radical (unpaired) electrons. The quantitative estimate of drug-likeness (QED) is 0.881. The third-order valence-corrected chi connectivity index (χ3v) is 4.13. The van der Waals surface area contributed by atoms with Crippen molar-refractivity contribution in [2.24, 2.45) is 0 Å². The summed E-state index contributed by atoms with van der Waals surface area (Å²) in [6, 6.07) is 7.74. The van der Waals surface area contributed by atoms with E-state index in [0.717, 1.165) is 16.2 Å². The Balaban J connectivity index is 2.06. The van der Waals surface area contributed by atoms with Crippen LogP contribution in [0.25, 0.3) is 0 Å². The second-order valence-electron chi connectivity index (χ2n) is 4.35. The van der Waals surface area contributed by atoms with Gasteiger partial charge < -0.3 is 15.8 Å². The van der Waals surface area contributed by atoms with Gasteiger partial charge in [0.1, 0.15) is 11.6 Å². The molecule has 98 valence electrons. The maximum atomic E-state index is 11.8. The van der Waals surface area contributed by atoms with Gasteiger partial charge in [0.25, 0.3) is 0 Å². The van der Waals surface area contributed by atoms with Gasteiger partial charge in [0, 0.05) is 12.3 Å². The number of nitrogen functional groups attached to an aromatic ring is 1. The highest BCUT2D eigenvalue weighted by atomic mass is 32.1. The molecule has 1 aromatic carbocycles. The fraction of sp³-hybridized carbons (Fsp3) is 0.231. The van der Waals surface area contributed by atoms with Crippen molar-refractivity contribution < 1.29 is 9.53 Å². The largest absolute Gasteiger partial charge is 0.497 e. The molecule has 1 amide bonds. The van der Waals surface area contributed by atoms with Crippen molar-refractivity contribution in [2.75, 3.05) is 18.2 Å². The van der Waals surface area contributed by atoms with Crippen molar-refractivity contribution in [3.05, 3.63) is 34.7 Å². The molecule has 6 heteroatoms. The molecule has 0 saturated heterocycles. The summed E-state index contributed by atoms with van der Waals surface area (Å²) < 4.78 is 5.23. The number of carbonyl (C=O) groups excluding carboxylic acids is 1. The third kappa shape index (κ3) is 2.15. The fourth-order valence-electron chi connectivity index (χ4n) is 2.26. The predicted octanol–water partition coefficient (Wildman–Crippen LogP) is 2.21. The van der Waals surface area contributed by atoms with Crippen molar-refractivity contribution in [3.63, 3.8) is 0 Å². The number of ether oxygens (including phenoxy) is 1. The Kier molecular flexibility index (Phi) is 2.87. The molecular weight excluding hydrogens is 262 g/mol. The lowest BCUT2D eigenvalue weighted by atomic mass is 9.91. The van der Waals surface area contributed by atoms with E-state index in [1.165, 1.54) is 11.3 Å². The molecule has 1 aromatic heterocycles. The summed E-state index contributed by atoms with van der Waals surface area (Å²) in [5, 5.41) is 3.23. The number of aromatic nitrogens is 1. The van der Waals surface area contributed by atoms with E-state index in [2.05, 4.69) is 10.3 Å². The van der Waals surface area contributed by atoms with Crippen LogP contribution in [0.4, 0.5) is 10.9 Å². The number of nitrogens with one attached hydrogen (secondary N) is 1. The predicted molar refractivity (Wildman–Crippen MR) is 74.6 cm³/mol. The lowest BCUT2D eigenvalue weighted by molar-refractivity contribution is -0.116. The van der Waals surface area contributed by atoms with Crippen molar-refractivity contribution in [2.45, 2.75) is 12.3 Å². The highest BCUT2D eigenvalue weighted by molar-refractivity contribution is 7.16. The summed E-state index contributed by atoms with van der Waals surface area (Å²) in [5.74, 6) is 1.33. The van der Waals surface area contributed by atoms with Gasteiger partial charge in [0.05, 0.1) is 12.0 Å². The Morgan fingerprint density at radius 2 is 2.37 bits per heavy atom. The number of amides is 1. The summed E-state index contributed by atoms with van der Waals surface area (Å²) in [6.45, 7) is 0. The Morgan fingerprint density at radius 1 is 1.53 bits per heavy atom. The van der Waals surface area contributed by atoms with Crippen molar-refractivity contribution >= 4 is 28.2 Å². The number of benzene rings is 1. The molecule has 2 heterocycles. The minimum absolute atomic E-state index is 0.00588. The molecule has 5 nitrogen and oxygen atoms in total. The standard InChI is InChI=1S/C13H13N3O2S/c1-18-8-4-2-3-7(5-8)9-6-10(17)15-12-11(9)19-13(14)16-12/h2-5,9H,6H2,1H3,(H2,14,16)(H,15,17). The molecule has 0 spiro atoms. The van der Waals surface area contributed by atoms with Gasteiger partial charge in [-0.3, -0.25) is 4.79 Å². The third-order valence-electron chi connectivity index (χ3n) is 3.13. The van der Waals surface area contributed by atoms with Crippen LogP contribution >= 0.6 is 11.3 Å². The normalized spacial score (nSPS) is 17.7. The highest BCUT2D eigenvalue weighted by Crippen LogP contribution is 2.41. The van der Waals surface area contributed by atoms with E-state index in [1.807, 2.05) is 24.3 Å². The van der Waals surface area contributed by atoms with Gasteiger partial charge >= 0.3 is 0 Å². The minimum atomic E-state index is -0.0365. The number of anilines is 2. The van der Waals surface area contributed by atoms with Crippen LogP contribution in [0.2, 0.25) is 0 Å². The Labute approximate surface area is 114 Å². The van der Waals surface area contributed by atoms with Gasteiger partial charge in [-0.2, -0.15) is 0 Å². The van der Waals surface area contributed by atoms with E-state index in [9.17, 15) is 4.79 Å². The number of rotatable bonds is 2. The topological polar surface area (TPSA) is 77.2 Å². The zero-order chi connectivity index (χ0) is 13.4. The number of methoxy groups -OCH3 is 1. The molecule has 3 rings (SSSR count). The molecule has 3 N–H and O–H groups in total. The van der Waals surface area contributed by atoms with E-state index in [0.29, 0.717) is 17.4 Å². The van der Waals surface area contributed by atoms with Gasteiger partial charge in [-0.05, 0) is 17.7 Å². The molecule has 19 heavy (non-hydrogen) atoms. The maximum absolute atomic E-state index is 11.8. The SMILES string of the molecule is COc1cccc(C2CC(=O)Nc3nc(N)sc32)c1. The number of carbonyl (C=O) groups is 1. The summed E-state index contributed by atoms with van der Waals surface area (Å²) in [7, 11) is 1.63. The number of hydrogen-bond donors (Lipinski definition) is 2. The average molecular weight is 275 g/mol. The molecule has 1 atom stereocenters. The monoisotopic (exact) mass is 275 g/mol. The lowest BCUT2D eigenvalue weighted by Crippen LogP contribution is -2.22. The van der Waals surface area contributed by atoms with Gasteiger partial charge in [0.15, 0.2) is 5.13 Å². The Bertz CT molecular complexity index is 639. The minimum Gasteiger partial charge on any atom is -0.497 e. The maximum Gasteiger partial charge on any atom is 0.226 e. The molecule has 0 saturated carbocycles. The fourth-order valence-corrected chi connectivity index (χ4v) is 3.18. The van der Waals surface area contributed by atoms with Gasteiger partial charge in [-0.25, -0.2) is 4.98 Å².